The standard InChI is InChI=1S/C21H20ClN3O4/c22-15-6-7-17-14(9-15)10-19(23-17)29-21(28)24-18(8-13-4-2-1-3-5-13)20(27)25-11-16(26)12-25/h1-7,9-10,16,18,23,26H,8,11-12H2,(H,24,28)/t18-/m0/s1. The molecule has 4 rings (SSSR count). The van der Waals surface area contributed by atoms with Crippen LogP contribution in [0.15, 0.2) is 54.6 Å². The molecule has 1 aliphatic rings. The number of nitrogens with zero attached hydrogens (tertiary/aromatic N) is 1. The first kappa shape index (κ1) is 19.3. The second kappa shape index (κ2) is 8.14. The van der Waals surface area contributed by atoms with Gasteiger partial charge in [-0.15, -0.1) is 0 Å². The zero-order valence-corrected chi connectivity index (χ0v) is 16.2. The van der Waals surface area contributed by atoms with E-state index in [0.29, 0.717) is 11.4 Å². The highest BCUT2D eigenvalue weighted by Crippen LogP contribution is 2.23. The third kappa shape index (κ3) is 4.52. The van der Waals surface area contributed by atoms with Gasteiger partial charge in [0.05, 0.1) is 6.10 Å². The number of rotatable bonds is 5. The van der Waals surface area contributed by atoms with Crippen LogP contribution in [0.2, 0.25) is 5.02 Å². The van der Waals surface area contributed by atoms with E-state index in [-0.39, 0.29) is 24.9 Å². The lowest BCUT2D eigenvalue weighted by Crippen LogP contribution is -2.60. The molecule has 1 aliphatic heterocycles. The molecule has 3 aromatic rings. The Hall–Kier alpha value is -3.03. The van der Waals surface area contributed by atoms with Gasteiger partial charge in [0.2, 0.25) is 11.8 Å². The number of likely N-dealkylation sites (tertiary alicyclic amines) is 1. The Bertz CT molecular complexity index is 1030. The largest absolute Gasteiger partial charge is 0.414 e. The molecule has 1 aromatic heterocycles. The Morgan fingerprint density at radius 3 is 2.69 bits per heavy atom. The minimum atomic E-state index is -0.795. The molecule has 2 heterocycles. The van der Waals surface area contributed by atoms with Crippen LogP contribution in [-0.2, 0) is 11.2 Å². The van der Waals surface area contributed by atoms with Crippen molar-refractivity contribution < 1.29 is 19.4 Å². The molecule has 0 saturated carbocycles. The van der Waals surface area contributed by atoms with Crippen molar-refractivity contribution in [3.05, 3.63) is 65.2 Å². The van der Waals surface area contributed by atoms with Crippen molar-refractivity contribution in [1.82, 2.24) is 15.2 Å². The summed E-state index contributed by atoms with van der Waals surface area (Å²) in [6.07, 6.45) is -0.927. The van der Waals surface area contributed by atoms with Gasteiger partial charge >= 0.3 is 6.09 Å². The summed E-state index contributed by atoms with van der Waals surface area (Å²) in [5, 5.41) is 13.5. The number of ether oxygens (including phenoxy) is 1. The third-order valence-corrected chi connectivity index (χ3v) is 5.04. The van der Waals surface area contributed by atoms with E-state index in [4.69, 9.17) is 16.3 Å². The number of fused-ring (bicyclic) bond motifs is 1. The van der Waals surface area contributed by atoms with Crippen LogP contribution in [0.1, 0.15) is 5.56 Å². The van der Waals surface area contributed by atoms with E-state index in [1.807, 2.05) is 30.3 Å². The van der Waals surface area contributed by atoms with Gasteiger partial charge in [-0.2, -0.15) is 0 Å². The van der Waals surface area contributed by atoms with E-state index in [9.17, 15) is 14.7 Å². The van der Waals surface area contributed by atoms with Crippen LogP contribution in [0.25, 0.3) is 10.9 Å². The second-order valence-corrected chi connectivity index (χ2v) is 7.47. The maximum atomic E-state index is 12.8. The average molecular weight is 414 g/mol. The van der Waals surface area contributed by atoms with Crippen molar-refractivity contribution in [1.29, 1.82) is 0 Å². The number of aliphatic hydroxyl groups excluding tert-OH is 1. The number of aromatic nitrogens is 1. The lowest BCUT2D eigenvalue weighted by Gasteiger charge is -2.38. The minimum absolute atomic E-state index is 0.250. The molecule has 0 bridgehead atoms. The van der Waals surface area contributed by atoms with Gasteiger partial charge in [0.1, 0.15) is 6.04 Å². The number of carbonyl (C=O) groups is 2. The summed E-state index contributed by atoms with van der Waals surface area (Å²) in [5.41, 5.74) is 1.69. The highest BCUT2D eigenvalue weighted by molar-refractivity contribution is 6.31. The van der Waals surface area contributed by atoms with Crippen molar-refractivity contribution in [2.75, 3.05) is 13.1 Å². The molecule has 0 aliphatic carbocycles. The van der Waals surface area contributed by atoms with Gasteiger partial charge in [-0.05, 0) is 23.8 Å². The molecule has 3 N–H and O–H groups in total. The summed E-state index contributed by atoms with van der Waals surface area (Å²) in [6.45, 7) is 0.535. The van der Waals surface area contributed by atoms with Crippen molar-refractivity contribution in [3.8, 4) is 5.88 Å². The van der Waals surface area contributed by atoms with E-state index in [1.54, 1.807) is 24.3 Å². The summed E-state index contributed by atoms with van der Waals surface area (Å²) < 4.78 is 5.34. The summed E-state index contributed by atoms with van der Waals surface area (Å²) >= 11 is 5.98. The maximum Gasteiger partial charge on any atom is 0.414 e. The number of nitrogens with one attached hydrogen (secondary N) is 2. The molecule has 7 nitrogen and oxygen atoms in total. The average Bonchev–Trinajstić information content (AvgIpc) is 3.06. The zero-order chi connectivity index (χ0) is 20.4. The van der Waals surface area contributed by atoms with Gasteiger partial charge in [0, 0.05) is 41.5 Å². The maximum absolute atomic E-state index is 12.8. The predicted octanol–water partition coefficient (Wildman–Crippen LogP) is 2.72. The molecule has 1 fully saturated rings. The lowest BCUT2D eigenvalue weighted by molar-refractivity contribution is -0.143. The predicted molar refractivity (Wildman–Crippen MR) is 109 cm³/mol. The van der Waals surface area contributed by atoms with Crippen molar-refractivity contribution in [3.63, 3.8) is 0 Å². The molecule has 1 saturated heterocycles. The first-order valence-electron chi connectivity index (χ1n) is 9.25. The van der Waals surface area contributed by atoms with Gasteiger partial charge in [0.15, 0.2) is 0 Å². The molecular weight excluding hydrogens is 394 g/mol. The molecule has 2 aromatic carbocycles. The van der Waals surface area contributed by atoms with Crippen LogP contribution in [0, 0.1) is 0 Å². The van der Waals surface area contributed by atoms with Gasteiger partial charge in [-0.25, -0.2) is 4.79 Å². The van der Waals surface area contributed by atoms with E-state index >= 15 is 0 Å². The van der Waals surface area contributed by atoms with E-state index in [0.717, 1.165) is 16.5 Å². The van der Waals surface area contributed by atoms with Gasteiger partial charge in [0.25, 0.3) is 0 Å². The van der Waals surface area contributed by atoms with Crippen molar-refractivity contribution in [2.45, 2.75) is 18.6 Å². The fraction of sp³-hybridized carbons (Fsp3) is 0.238. The summed E-state index contributed by atoms with van der Waals surface area (Å²) in [7, 11) is 0. The molecule has 8 heteroatoms. The van der Waals surface area contributed by atoms with E-state index in [2.05, 4.69) is 10.3 Å². The minimum Gasteiger partial charge on any atom is -0.393 e. The number of benzene rings is 2. The van der Waals surface area contributed by atoms with Crippen LogP contribution in [0.3, 0.4) is 0 Å². The monoisotopic (exact) mass is 413 g/mol. The normalized spacial score (nSPS) is 15.0. The molecule has 0 radical (unpaired) electrons. The zero-order valence-electron chi connectivity index (χ0n) is 15.5. The summed E-state index contributed by atoms with van der Waals surface area (Å²) in [4.78, 5) is 29.7. The first-order valence-corrected chi connectivity index (χ1v) is 9.63. The van der Waals surface area contributed by atoms with Crippen LogP contribution in [0.4, 0.5) is 4.79 Å². The molecule has 29 heavy (non-hydrogen) atoms. The molecule has 0 unspecified atom stereocenters. The molecule has 0 spiro atoms. The second-order valence-electron chi connectivity index (χ2n) is 7.04. The number of carbonyl (C=O) groups excluding carboxylic acids is 2. The Morgan fingerprint density at radius 2 is 1.97 bits per heavy atom. The van der Waals surface area contributed by atoms with Gasteiger partial charge in [-0.3, -0.25) is 4.79 Å². The van der Waals surface area contributed by atoms with Crippen LogP contribution in [0.5, 0.6) is 5.88 Å². The Labute approximate surface area is 172 Å². The number of amides is 2. The number of aliphatic hydroxyl groups is 1. The summed E-state index contributed by atoms with van der Waals surface area (Å²) in [5.74, 6) is 0.00424. The summed E-state index contributed by atoms with van der Waals surface area (Å²) in [6, 6.07) is 15.6. The smallest absolute Gasteiger partial charge is 0.393 e. The topological polar surface area (TPSA) is 94.7 Å². The van der Waals surface area contributed by atoms with Gasteiger partial charge < -0.3 is 25.0 Å². The van der Waals surface area contributed by atoms with E-state index in [1.165, 1.54) is 4.90 Å². The Balaban J connectivity index is 1.46. The molecule has 150 valence electrons. The van der Waals surface area contributed by atoms with Crippen LogP contribution in [-0.4, -0.2) is 52.2 Å². The van der Waals surface area contributed by atoms with E-state index < -0.39 is 18.2 Å². The number of hydrogen-bond acceptors (Lipinski definition) is 4. The Kier molecular flexibility index (Phi) is 5.42. The number of hydrogen-bond donors (Lipinski definition) is 3. The Morgan fingerprint density at radius 1 is 1.21 bits per heavy atom. The number of aromatic amines is 1. The fourth-order valence-corrected chi connectivity index (χ4v) is 3.49. The van der Waals surface area contributed by atoms with Gasteiger partial charge in [-0.1, -0.05) is 41.9 Å². The van der Waals surface area contributed by atoms with Crippen LogP contribution < -0.4 is 10.1 Å². The third-order valence-electron chi connectivity index (χ3n) is 4.81. The van der Waals surface area contributed by atoms with Crippen molar-refractivity contribution >= 4 is 34.5 Å². The molecule has 1 atom stereocenters. The van der Waals surface area contributed by atoms with Crippen molar-refractivity contribution in [2.24, 2.45) is 0 Å². The first-order chi connectivity index (χ1) is 14.0. The SMILES string of the molecule is O=C(N[C@@H](Cc1ccccc1)C(=O)N1CC(O)C1)Oc1cc2cc(Cl)ccc2[nH]1. The highest BCUT2D eigenvalue weighted by Gasteiger charge is 2.34. The quantitative estimate of drug-likeness (QED) is 0.599. The number of halogens is 1. The van der Waals surface area contributed by atoms with Crippen LogP contribution >= 0.6 is 11.6 Å². The number of H-pyrrole nitrogens is 1. The molecular formula is C21H20ClN3O4. The molecule has 2 amide bonds. The number of β-amino-alcohol motifs (C(OH)–C–C–N with tert-alkyl or cyclic N) is 1. The lowest BCUT2D eigenvalue weighted by atomic mass is 10.0. The highest BCUT2D eigenvalue weighted by atomic mass is 35.5. The fourth-order valence-electron chi connectivity index (χ4n) is 3.31.